The van der Waals surface area contributed by atoms with E-state index in [0.29, 0.717) is 39.7 Å². The van der Waals surface area contributed by atoms with Crippen LogP contribution in [-0.2, 0) is 22.5 Å². The van der Waals surface area contributed by atoms with Gasteiger partial charge in [0.05, 0.1) is 36.0 Å². The Morgan fingerprint density at radius 2 is 1.91 bits per heavy atom. The van der Waals surface area contributed by atoms with Crippen molar-refractivity contribution in [3.8, 4) is 11.5 Å². The number of aromatic nitrogens is 1. The van der Waals surface area contributed by atoms with Gasteiger partial charge >= 0.3 is 5.97 Å². The molecule has 3 aromatic rings. The molecule has 0 bridgehead atoms. The number of halogens is 1. The summed E-state index contributed by atoms with van der Waals surface area (Å²) >= 11 is 6.16. The number of benzene rings is 2. The number of anilines is 1. The first-order valence-electron chi connectivity index (χ1n) is 10.4. The predicted molar refractivity (Wildman–Crippen MR) is 125 cm³/mol. The normalized spacial score (nSPS) is 13.3. The lowest BCUT2D eigenvalue weighted by atomic mass is 9.96. The zero-order valence-corrected chi connectivity index (χ0v) is 19.4. The van der Waals surface area contributed by atoms with Crippen molar-refractivity contribution in [1.82, 2.24) is 9.88 Å². The minimum absolute atomic E-state index is 0.310. The standard InChI is InChI=1S/C24H24ClN3O5/c1-28-9-8-18-15(12-28)23(14-6-4-5-7-17(14)26-18)24(30)33-13-22(29)27-19-10-16(25)20(31-2)11-21(19)32-3/h4-7,10-11H,8-9,12-13H2,1-3H3,(H,27,29). The molecule has 1 N–H and O–H groups in total. The van der Waals surface area contributed by atoms with Crippen LogP contribution in [0.5, 0.6) is 11.5 Å². The van der Waals surface area contributed by atoms with Crippen LogP contribution in [0.25, 0.3) is 10.9 Å². The van der Waals surface area contributed by atoms with Crippen LogP contribution in [0.4, 0.5) is 5.69 Å². The number of nitrogens with zero attached hydrogens (tertiary/aromatic N) is 2. The van der Waals surface area contributed by atoms with E-state index in [1.54, 1.807) is 6.07 Å². The lowest BCUT2D eigenvalue weighted by molar-refractivity contribution is -0.119. The zero-order valence-electron chi connectivity index (χ0n) is 18.6. The molecule has 1 aromatic heterocycles. The highest BCUT2D eigenvalue weighted by Gasteiger charge is 2.26. The summed E-state index contributed by atoms with van der Waals surface area (Å²) in [5, 5.41) is 3.68. The molecule has 1 aliphatic rings. The van der Waals surface area contributed by atoms with Crippen molar-refractivity contribution in [1.29, 1.82) is 0 Å². The maximum Gasteiger partial charge on any atom is 0.339 e. The van der Waals surface area contributed by atoms with Gasteiger partial charge in [-0.2, -0.15) is 0 Å². The summed E-state index contributed by atoms with van der Waals surface area (Å²) in [7, 11) is 4.94. The lowest BCUT2D eigenvalue weighted by Crippen LogP contribution is -2.30. The van der Waals surface area contributed by atoms with Gasteiger partial charge in [0.1, 0.15) is 11.5 Å². The van der Waals surface area contributed by atoms with E-state index in [1.807, 2.05) is 31.3 Å². The molecule has 9 heteroatoms. The number of esters is 1. The molecule has 0 unspecified atom stereocenters. The first-order valence-corrected chi connectivity index (χ1v) is 10.8. The van der Waals surface area contributed by atoms with Crippen LogP contribution in [-0.4, -0.2) is 56.2 Å². The van der Waals surface area contributed by atoms with Gasteiger partial charge < -0.3 is 24.4 Å². The van der Waals surface area contributed by atoms with Gasteiger partial charge in [-0.25, -0.2) is 4.79 Å². The van der Waals surface area contributed by atoms with Gasteiger partial charge in [0, 0.05) is 42.2 Å². The molecule has 4 rings (SSSR count). The van der Waals surface area contributed by atoms with Crippen molar-refractivity contribution in [2.45, 2.75) is 13.0 Å². The Morgan fingerprint density at radius 3 is 2.67 bits per heavy atom. The summed E-state index contributed by atoms with van der Waals surface area (Å²) in [5.74, 6) is -0.298. The SMILES string of the molecule is COc1cc(OC)c(NC(=O)COC(=O)c2c3c(nc4ccccc24)CCN(C)C3)cc1Cl. The third-order valence-electron chi connectivity index (χ3n) is 5.52. The molecule has 172 valence electrons. The fourth-order valence-electron chi connectivity index (χ4n) is 3.91. The van der Waals surface area contributed by atoms with Gasteiger partial charge in [-0.05, 0) is 19.2 Å². The van der Waals surface area contributed by atoms with E-state index in [9.17, 15) is 9.59 Å². The fraction of sp³-hybridized carbons (Fsp3) is 0.292. The third kappa shape index (κ3) is 4.72. The smallest absolute Gasteiger partial charge is 0.339 e. The molecule has 2 aromatic carbocycles. The number of amides is 1. The summed E-state index contributed by atoms with van der Waals surface area (Å²) in [6, 6.07) is 10.5. The van der Waals surface area contributed by atoms with E-state index in [-0.39, 0.29) is 0 Å². The second-order valence-corrected chi connectivity index (χ2v) is 8.14. The number of rotatable bonds is 6. The molecule has 8 nitrogen and oxygen atoms in total. The Morgan fingerprint density at radius 1 is 1.15 bits per heavy atom. The Balaban J connectivity index is 1.55. The summed E-state index contributed by atoms with van der Waals surface area (Å²) in [6.45, 7) is 0.986. The van der Waals surface area contributed by atoms with Crippen molar-refractivity contribution in [2.24, 2.45) is 0 Å². The van der Waals surface area contributed by atoms with Crippen LogP contribution in [0, 0.1) is 0 Å². The highest BCUT2D eigenvalue weighted by molar-refractivity contribution is 6.32. The highest BCUT2D eigenvalue weighted by atomic mass is 35.5. The second-order valence-electron chi connectivity index (χ2n) is 7.73. The topological polar surface area (TPSA) is 90.0 Å². The number of para-hydroxylation sites is 1. The molecule has 0 saturated carbocycles. The third-order valence-corrected chi connectivity index (χ3v) is 5.82. The van der Waals surface area contributed by atoms with Crippen molar-refractivity contribution < 1.29 is 23.8 Å². The van der Waals surface area contributed by atoms with Crippen LogP contribution in [0.15, 0.2) is 36.4 Å². The van der Waals surface area contributed by atoms with Crippen LogP contribution in [0.3, 0.4) is 0 Å². The molecule has 0 aliphatic carbocycles. The monoisotopic (exact) mass is 469 g/mol. The molecule has 0 saturated heterocycles. The molecule has 0 fully saturated rings. The summed E-state index contributed by atoms with van der Waals surface area (Å²) in [4.78, 5) is 32.6. The molecule has 33 heavy (non-hydrogen) atoms. The van der Waals surface area contributed by atoms with Gasteiger partial charge in [-0.1, -0.05) is 29.8 Å². The average molecular weight is 470 g/mol. The van der Waals surface area contributed by atoms with Crippen molar-refractivity contribution >= 4 is 40.1 Å². The number of carbonyl (C=O) groups excluding carboxylic acids is 2. The van der Waals surface area contributed by atoms with Crippen molar-refractivity contribution in [3.05, 3.63) is 58.2 Å². The van der Waals surface area contributed by atoms with Crippen LogP contribution < -0.4 is 14.8 Å². The van der Waals surface area contributed by atoms with Gasteiger partial charge in [0.15, 0.2) is 6.61 Å². The first kappa shape index (κ1) is 22.8. The number of likely N-dealkylation sites (N-methyl/N-ethyl adjacent to an activating group) is 1. The molecule has 0 atom stereocenters. The zero-order chi connectivity index (χ0) is 23.5. The average Bonchev–Trinajstić information content (AvgIpc) is 2.81. The van der Waals surface area contributed by atoms with Crippen LogP contribution >= 0.6 is 11.6 Å². The molecular formula is C24H24ClN3O5. The van der Waals surface area contributed by atoms with Gasteiger partial charge in [0.2, 0.25) is 0 Å². The Hall–Kier alpha value is -3.36. The second kappa shape index (κ2) is 9.64. The summed E-state index contributed by atoms with van der Waals surface area (Å²) in [5.41, 5.74) is 3.27. The Bertz CT molecular complexity index is 1230. The van der Waals surface area contributed by atoms with E-state index in [0.717, 1.165) is 29.7 Å². The molecule has 1 amide bonds. The van der Waals surface area contributed by atoms with Gasteiger partial charge in [-0.15, -0.1) is 0 Å². The van der Waals surface area contributed by atoms with Crippen molar-refractivity contribution in [2.75, 3.05) is 39.7 Å². The van der Waals surface area contributed by atoms with E-state index in [2.05, 4.69) is 10.2 Å². The lowest BCUT2D eigenvalue weighted by Gasteiger charge is -2.26. The quantitative estimate of drug-likeness (QED) is 0.550. The Labute approximate surface area is 196 Å². The van der Waals surface area contributed by atoms with Crippen LogP contribution in [0.1, 0.15) is 21.6 Å². The maximum atomic E-state index is 13.1. The molecular weight excluding hydrogens is 446 g/mol. The fourth-order valence-corrected chi connectivity index (χ4v) is 4.15. The van der Waals surface area contributed by atoms with Gasteiger partial charge in [0.25, 0.3) is 5.91 Å². The predicted octanol–water partition coefficient (Wildman–Crippen LogP) is 3.69. The largest absolute Gasteiger partial charge is 0.495 e. The van der Waals surface area contributed by atoms with E-state index in [1.165, 1.54) is 20.3 Å². The van der Waals surface area contributed by atoms with E-state index < -0.39 is 18.5 Å². The minimum Gasteiger partial charge on any atom is -0.495 e. The Kier molecular flexibility index (Phi) is 6.67. The number of methoxy groups -OCH3 is 2. The highest BCUT2D eigenvalue weighted by Crippen LogP contribution is 2.36. The number of hydrogen-bond acceptors (Lipinski definition) is 7. The number of fused-ring (bicyclic) bond motifs is 2. The summed E-state index contributed by atoms with van der Waals surface area (Å²) < 4.78 is 15.9. The minimum atomic E-state index is -0.560. The van der Waals surface area contributed by atoms with E-state index >= 15 is 0 Å². The molecule has 2 heterocycles. The van der Waals surface area contributed by atoms with Crippen molar-refractivity contribution in [3.63, 3.8) is 0 Å². The number of ether oxygens (including phenoxy) is 3. The summed E-state index contributed by atoms with van der Waals surface area (Å²) in [6.07, 6.45) is 0.745. The maximum absolute atomic E-state index is 13.1. The molecule has 0 spiro atoms. The molecule has 0 radical (unpaired) electrons. The number of hydrogen-bond donors (Lipinski definition) is 1. The molecule has 1 aliphatic heterocycles. The number of carbonyl (C=O) groups is 2. The van der Waals surface area contributed by atoms with E-state index in [4.69, 9.17) is 30.8 Å². The number of pyridine rings is 1. The van der Waals surface area contributed by atoms with Gasteiger partial charge in [-0.3, -0.25) is 9.78 Å². The van der Waals surface area contributed by atoms with Crippen LogP contribution in [0.2, 0.25) is 5.02 Å². The number of nitrogens with one attached hydrogen (secondary N) is 1. The first-order chi connectivity index (χ1) is 15.9.